The van der Waals surface area contributed by atoms with Crippen molar-refractivity contribution >= 4 is 17.7 Å². The first-order valence-electron chi connectivity index (χ1n) is 8.58. The first-order chi connectivity index (χ1) is 11.9. The summed E-state index contributed by atoms with van der Waals surface area (Å²) >= 11 is 0. The maximum absolute atomic E-state index is 13.0. The average molecular weight is 344 g/mol. The number of amides is 3. The summed E-state index contributed by atoms with van der Waals surface area (Å²) in [5.74, 6) is -0.787. The van der Waals surface area contributed by atoms with Crippen molar-refractivity contribution in [1.29, 1.82) is 0 Å². The smallest absolute Gasteiger partial charge is 0.255 e. The number of benzene rings is 1. The lowest BCUT2D eigenvalue weighted by molar-refractivity contribution is -0.136. The molecule has 2 heterocycles. The van der Waals surface area contributed by atoms with Crippen LogP contribution in [0.5, 0.6) is 0 Å². The van der Waals surface area contributed by atoms with Crippen molar-refractivity contribution in [2.24, 2.45) is 5.73 Å². The quantitative estimate of drug-likeness (QED) is 0.746. The van der Waals surface area contributed by atoms with E-state index in [9.17, 15) is 14.4 Å². The molecule has 2 atom stereocenters. The number of hydrogen-bond donors (Lipinski definition) is 2. The highest BCUT2D eigenvalue weighted by Gasteiger charge is 2.40. The number of likely N-dealkylation sites (N-methyl/N-ethyl adjacent to an activating group) is 1. The molecule has 0 bridgehead atoms. The van der Waals surface area contributed by atoms with Crippen molar-refractivity contribution in [2.45, 2.75) is 44.9 Å². The molecule has 0 saturated carbocycles. The third-order valence-corrected chi connectivity index (χ3v) is 5.15. The molecule has 0 radical (unpaired) electrons. The number of imide groups is 1. The van der Waals surface area contributed by atoms with E-state index in [1.165, 1.54) is 0 Å². The Labute approximate surface area is 147 Å². The summed E-state index contributed by atoms with van der Waals surface area (Å²) in [5, 5.41) is 2.33. The monoisotopic (exact) mass is 344 g/mol. The Morgan fingerprint density at radius 3 is 2.80 bits per heavy atom. The van der Waals surface area contributed by atoms with Gasteiger partial charge in [-0.1, -0.05) is 18.2 Å². The first-order valence-corrected chi connectivity index (χ1v) is 8.58. The largest absolute Gasteiger partial charge is 0.329 e. The maximum Gasteiger partial charge on any atom is 0.255 e. The third-order valence-electron chi connectivity index (χ3n) is 5.15. The van der Waals surface area contributed by atoms with Gasteiger partial charge in [-0.15, -0.1) is 0 Å². The predicted molar refractivity (Wildman–Crippen MR) is 92.5 cm³/mol. The molecule has 1 unspecified atom stereocenters. The van der Waals surface area contributed by atoms with Gasteiger partial charge >= 0.3 is 0 Å². The summed E-state index contributed by atoms with van der Waals surface area (Å²) in [6, 6.07) is 5.44. The van der Waals surface area contributed by atoms with Crippen LogP contribution in [0.25, 0.3) is 0 Å². The van der Waals surface area contributed by atoms with E-state index in [0.29, 0.717) is 31.6 Å². The Morgan fingerprint density at radius 2 is 2.12 bits per heavy atom. The minimum absolute atomic E-state index is 0.131. The fraction of sp³-hybridized carbons (Fsp3) is 0.500. The molecule has 3 N–H and O–H groups in total. The van der Waals surface area contributed by atoms with E-state index >= 15 is 0 Å². The number of hydrogen-bond acceptors (Lipinski definition) is 5. The van der Waals surface area contributed by atoms with Crippen LogP contribution < -0.4 is 11.1 Å². The van der Waals surface area contributed by atoms with Crippen molar-refractivity contribution in [1.82, 2.24) is 15.1 Å². The van der Waals surface area contributed by atoms with Crippen molar-refractivity contribution < 1.29 is 14.4 Å². The highest BCUT2D eigenvalue weighted by atomic mass is 16.2. The van der Waals surface area contributed by atoms with Crippen LogP contribution in [-0.2, 0) is 22.7 Å². The summed E-state index contributed by atoms with van der Waals surface area (Å²) in [6.07, 6.45) is 0.643. The molecule has 1 aromatic carbocycles. The van der Waals surface area contributed by atoms with E-state index in [4.69, 9.17) is 5.73 Å². The van der Waals surface area contributed by atoms with Crippen LogP contribution >= 0.6 is 0 Å². The van der Waals surface area contributed by atoms with Gasteiger partial charge in [-0.3, -0.25) is 24.6 Å². The van der Waals surface area contributed by atoms with Gasteiger partial charge in [0.2, 0.25) is 11.8 Å². The van der Waals surface area contributed by atoms with Crippen LogP contribution in [0.3, 0.4) is 0 Å². The molecule has 0 aromatic heterocycles. The number of nitrogens with one attached hydrogen (secondary N) is 1. The number of carbonyl (C=O) groups is 3. The van der Waals surface area contributed by atoms with E-state index in [1.807, 2.05) is 32.2 Å². The second kappa shape index (κ2) is 6.93. The molecule has 3 rings (SSSR count). The van der Waals surface area contributed by atoms with Gasteiger partial charge in [0.15, 0.2) is 0 Å². The number of nitrogens with zero attached hydrogens (tertiary/aromatic N) is 2. The van der Waals surface area contributed by atoms with Crippen molar-refractivity contribution in [3.8, 4) is 0 Å². The molecule has 2 aliphatic rings. The molecule has 0 spiro atoms. The first kappa shape index (κ1) is 17.6. The van der Waals surface area contributed by atoms with Gasteiger partial charge in [0.05, 0.1) is 0 Å². The maximum atomic E-state index is 13.0. The Hall–Kier alpha value is -2.25. The minimum Gasteiger partial charge on any atom is -0.329 e. The molecule has 7 nitrogen and oxygen atoms in total. The number of piperidine rings is 1. The molecular formula is C18H24N4O3. The van der Waals surface area contributed by atoms with E-state index < -0.39 is 6.04 Å². The van der Waals surface area contributed by atoms with Crippen LogP contribution in [0, 0.1) is 0 Å². The van der Waals surface area contributed by atoms with Crippen LogP contribution in [0.1, 0.15) is 41.3 Å². The van der Waals surface area contributed by atoms with Gasteiger partial charge in [0, 0.05) is 37.7 Å². The highest BCUT2D eigenvalue weighted by Crippen LogP contribution is 2.30. The van der Waals surface area contributed by atoms with Gasteiger partial charge in [-0.2, -0.15) is 0 Å². The summed E-state index contributed by atoms with van der Waals surface area (Å²) in [5.41, 5.74) is 8.28. The minimum atomic E-state index is -0.578. The topological polar surface area (TPSA) is 95.7 Å². The third kappa shape index (κ3) is 3.29. The van der Waals surface area contributed by atoms with Crippen LogP contribution in [0.2, 0.25) is 0 Å². The zero-order valence-corrected chi connectivity index (χ0v) is 14.6. The molecular weight excluding hydrogens is 320 g/mol. The van der Waals surface area contributed by atoms with E-state index in [0.717, 1.165) is 11.1 Å². The zero-order valence-electron chi connectivity index (χ0n) is 14.6. The van der Waals surface area contributed by atoms with Crippen LogP contribution in [0.4, 0.5) is 0 Å². The molecule has 3 amide bonds. The molecule has 25 heavy (non-hydrogen) atoms. The highest BCUT2D eigenvalue weighted by molar-refractivity contribution is 6.05. The zero-order chi connectivity index (χ0) is 18.1. The number of fused-ring (bicyclic) bond motifs is 1. The number of nitrogens with two attached hydrogens (primary N) is 1. The Morgan fingerprint density at radius 1 is 1.36 bits per heavy atom. The molecule has 0 aliphatic carbocycles. The molecule has 134 valence electrons. The van der Waals surface area contributed by atoms with Crippen molar-refractivity contribution in [2.75, 3.05) is 13.6 Å². The fourth-order valence-corrected chi connectivity index (χ4v) is 3.43. The lowest BCUT2D eigenvalue weighted by Gasteiger charge is -2.29. The van der Waals surface area contributed by atoms with Gasteiger partial charge in [-0.25, -0.2) is 0 Å². The molecule has 2 aliphatic heterocycles. The lowest BCUT2D eigenvalue weighted by atomic mass is 10.0. The second-order valence-electron chi connectivity index (χ2n) is 6.85. The van der Waals surface area contributed by atoms with E-state index in [2.05, 4.69) is 10.2 Å². The van der Waals surface area contributed by atoms with Crippen LogP contribution in [0.15, 0.2) is 18.2 Å². The molecule has 1 fully saturated rings. The summed E-state index contributed by atoms with van der Waals surface area (Å²) in [7, 11) is 1.98. The summed E-state index contributed by atoms with van der Waals surface area (Å²) < 4.78 is 0. The fourth-order valence-electron chi connectivity index (χ4n) is 3.43. The van der Waals surface area contributed by atoms with Crippen molar-refractivity contribution in [3.63, 3.8) is 0 Å². The summed E-state index contributed by atoms with van der Waals surface area (Å²) in [4.78, 5) is 40.2. The average Bonchev–Trinajstić information content (AvgIpc) is 2.92. The van der Waals surface area contributed by atoms with E-state index in [-0.39, 0.29) is 30.2 Å². The predicted octanol–water partition coefficient (Wildman–Crippen LogP) is 0.227. The van der Waals surface area contributed by atoms with E-state index in [1.54, 1.807) is 4.90 Å². The Balaban J connectivity index is 1.83. The van der Waals surface area contributed by atoms with Gasteiger partial charge in [0.1, 0.15) is 6.04 Å². The SMILES string of the molecule is C[C@@H](CN)N(C)Cc1cccc2c1C(=O)N(C1CCC(=O)NC1=O)C2. The molecule has 1 saturated heterocycles. The van der Waals surface area contributed by atoms with Gasteiger partial charge < -0.3 is 10.6 Å². The second-order valence-corrected chi connectivity index (χ2v) is 6.85. The van der Waals surface area contributed by atoms with Crippen LogP contribution in [-0.4, -0.2) is 53.2 Å². The molecule has 1 aromatic rings. The normalized spacial score (nSPS) is 21.5. The number of carbonyl (C=O) groups excluding carboxylic acids is 3. The summed E-state index contributed by atoms with van der Waals surface area (Å²) in [6.45, 7) is 3.61. The standard InChI is InChI=1S/C18H24N4O3/c1-11(8-19)21(2)9-12-4-3-5-13-10-22(18(25)16(12)13)14-6-7-15(23)20-17(14)24/h3-5,11,14H,6-10,19H2,1-2H3,(H,20,23,24)/t11-,14?/m0/s1. The molecule has 7 heteroatoms. The van der Waals surface area contributed by atoms with Gasteiger partial charge in [-0.05, 0) is 31.5 Å². The lowest BCUT2D eigenvalue weighted by Crippen LogP contribution is -2.52. The number of rotatable bonds is 5. The Bertz CT molecular complexity index is 718. The Kier molecular flexibility index (Phi) is 4.87. The van der Waals surface area contributed by atoms with Gasteiger partial charge in [0.25, 0.3) is 5.91 Å². The van der Waals surface area contributed by atoms with Crippen molar-refractivity contribution in [3.05, 3.63) is 34.9 Å².